The van der Waals surface area contributed by atoms with Gasteiger partial charge >= 0.3 is 5.97 Å². The lowest BCUT2D eigenvalue weighted by molar-refractivity contribution is 0.00607. The molecule has 0 saturated heterocycles. The third-order valence-corrected chi connectivity index (χ3v) is 5.55. The summed E-state index contributed by atoms with van der Waals surface area (Å²) in [5, 5.41) is 0.537. The molecule has 0 atom stereocenters. The van der Waals surface area contributed by atoms with Gasteiger partial charge in [0.1, 0.15) is 24.2 Å². The van der Waals surface area contributed by atoms with Gasteiger partial charge in [0.05, 0.1) is 5.02 Å². The number of carbonyl (C=O) groups is 1. The van der Waals surface area contributed by atoms with Gasteiger partial charge in [0, 0.05) is 0 Å². The van der Waals surface area contributed by atoms with Gasteiger partial charge in [-0.05, 0) is 61.3 Å². The van der Waals surface area contributed by atoms with Crippen molar-refractivity contribution in [2.75, 3.05) is 0 Å². The summed E-state index contributed by atoms with van der Waals surface area (Å²) >= 11 is 6.06. The molecular weight excluding hydrogens is 364 g/mol. The highest BCUT2D eigenvalue weighted by Crippen LogP contribution is 2.38. The van der Waals surface area contributed by atoms with Crippen LogP contribution in [0.1, 0.15) is 62.8 Å². The van der Waals surface area contributed by atoms with Crippen LogP contribution in [0.25, 0.3) is 0 Å². The molecule has 3 rings (SSSR count). The molecule has 0 amide bonds. The van der Waals surface area contributed by atoms with Gasteiger partial charge in [0.2, 0.25) is 5.76 Å². The standard InChI is InChI=1S/C22H27ClO4/c1-22(2,3)15-8-10-16(11-9-15)27-21(24)20-13-12-17(26-20)14-25-19-7-5-4-6-18(19)23/h4-7,12-13,15-16H,8-11,14H2,1-3H3. The van der Waals surface area contributed by atoms with Crippen molar-refractivity contribution in [3.63, 3.8) is 0 Å². The van der Waals surface area contributed by atoms with Crippen molar-refractivity contribution >= 4 is 17.6 Å². The molecule has 1 saturated carbocycles. The van der Waals surface area contributed by atoms with Crippen molar-refractivity contribution in [1.29, 1.82) is 0 Å². The SMILES string of the molecule is CC(C)(C)C1CCC(OC(=O)c2ccc(COc3ccccc3Cl)o2)CC1. The second-order valence-corrected chi connectivity index (χ2v) is 8.64. The second kappa shape index (κ2) is 8.39. The van der Waals surface area contributed by atoms with E-state index in [0.29, 0.717) is 27.9 Å². The van der Waals surface area contributed by atoms with Crippen LogP contribution in [-0.2, 0) is 11.3 Å². The summed E-state index contributed by atoms with van der Waals surface area (Å²) in [4.78, 5) is 12.4. The zero-order chi connectivity index (χ0) is 19.4. The highest BCUT2D eigenvalue weighted by atomic mass is 35.5. The fourth-order valence-electron chi connectivity index (χ4n) is 3.53. The first-order valence-electron chi connectivity index (χ1n) is 9.50. The molecule has 1 heterocycles. The highest BCUT2D eigenvalue weighted by Gasteiger charge is 2.31. The monoisotopic (exact) mass is 390 g/mol. The smallest absolute Gasteiger partial charge is 0.374 e. The van der Waals surface area contributed by atoms with Crippen LogP contribution in [0.2, 0.25) is 5.02 Å². The van der Waals surface area contributed by atoms with Crippen LogP contribution in [0.4, 0.5) is 0 Å². The Kier molecular flexibility index (Phi) is 6.15. The number of halogens is 1. The minimum Gasteiger partial charge on any atom is -0.484 e. The van der Waals surface area contributed by atoms with Crippen molar-refractivity contribution in [2.45, 2.75) is 59.2 Å². The van der Waals surface area contributed by atoms with Gasteiger partial charge in [-0.15, -0.1) is 0 Å². The molecule has 1 fully saturated rings. The number of furan rings is 1. The second-order valence-electron chi connectivity index (χ2n) is 8.23. The summed E-state index contributed by atoms with van der Waals surface area (Å²) in [5.41, 5.74) is 0.312. The minimum absolute atomic E-state index is 0.0241. The van der Waals surface area contributed by atoms with Crippen LogP contribution in [0.3, 0.4) is 0 Å². The average Bonchev–Trinajstić information content (AvgIpc) is 3.10. The molecule has 5 heteroatoms. The van der Waals surface area contributed by atoms with E-state index in [0.717, 1.165) is 25.7 Å². The molecule has 146 valence electrons. The number of carbonyl (C=O) groups excluding carboxylic acids is 1. The zero-order valence-electron chi connectivity index (χ0n) is 16.2. The quantitative estimate of drug-likeness (QED) is 0.564. The van der Waals surface area contributed by atoms with Gasteiger partial charge < -0.3 is 13.9 Å². The predicted molar refractivity (Wildman–Crippen MR) is 105 cm³/mol. The zero-order valence-corrected chi connectivity index (χ0v) is 16.9. The summed E-state index contributed by atoms with van der Waals surface area (Å²) in [6, 6.07) is 10.6. The highest BCUT2D eigenvalue weighted by molar-refractivity contribution is 6.32. The van der Waals surface area contributed by atoms with E-state index in [-0.39, 0.29) is 18.5 Å². The molecule has 0 bridgehead atoms. The van der Waals surface area contributed by atoms with Crippen LogP contribution in [0.5, 0.6) is 5.75 Å². The van der Waals surface area contributed by atoms with Crippen molar-refractivity contribution in [3.05, 3.63) is 52.9 Å². The summed E-state index contributed by atoms with van der Waals surface area (Å²) in [5.74, 6) is 1.63. The molecule has 1 aromatic heterocycles. The number of benzene rings is 1. The number of para-hydroxylation sites is 1. The van der Waals surface area contributed by atoms with E-state index in [1.165, 1.54) is 0 Å². The number of esters is 1. The molecule has 4 nitrogen and oxygen atoms in total. The Morgan fingerprint density at radius 2 is 1.81 bits per heavy atom. The lowest BCUT2D eigenvalue weighted by Gasteiger charge is -2.36. The molecule has 0 aliphatic heterocycles. The normalized spacial score (nSPS) is 20.3. The minimum atomic E-state index is -0.404. The number of hydrogen-bond donors (Lipinski definition) is 0. The molecule has 2 aromatic rings. The van der Waals surface area contributed by atoms with Crippen molar-refractivity contribution < 1.29 is 18.7 Å². The van der Waals surface area contributed by atoms with E-state index in [1.54, 1.807) is 24.3 Å². The molecule has 1 aromatic carbocycles. The largest absolute Gasteiger partial charge is 0.484 e. The van der Waals surface area contributed by atoms with E-state index in [9.17, 15) is 4.79 Å². The Morgan fingerprint density at radius 1 is 1.11 bits per heavy atom. The maximum atomic E-state index is 12.4. The fraction of sp³-hybridized carbons (Fsp3) is 0.500. The van der Waals surface area contributed by atoms with Crippen molar-refractivity contribution in [3.8, 4) is 5.75 Å². The van der Waals surface area contributed by atoms with Crippen LogP contribution >= 0.6 is 11.6 Å². The van der Waals surface area contributed by atoms with Gasteiger partial charge in [-0.1, -0.05) is 44.5 Å². The van der Waals surface area contributed by atoms with Gasteiger partial charge in [0.15, 0.2) is 0 Å². The number of rotatable bonds is 5. The van der Waals surface area contributed by atoms with Crippen LogP contribution in [0.15, 0.2) is 40.8 Å². The Bertz CT molecular complexity index is 767. The van der Waals surface area contributed by atoms with Crippen LogP contribution < -0.4 is 4.74 Å². The van der Waals surface area contributed by atoms with Gasteiger partial charge in [-0.3, -0.25) is 0 Å². The van der Waals surface area contributed by atoms with Gasteiger partial charge in [-0.2, -0.15) is 0 Å². The Balaban J connectivity index is 1.50. The van der Waals surface area contributed by atoms with E-state index in [2.05, 4.69) is 20.8 Å². The van der Waals surface area contributed by atoms with Crippen molar-refractivity contribution in [2.24, 2.45) is 11.3 Å². The third kappa shape index (κ3) is 5.29. The average molecular weight is 391 g/mol. The molecule has 0 radical (unpaired) electrons. The van der Waals surface area contributed by atoms with Gasteiger partial charge in [0.25, 0.3) is 0 Å². The topological polar surface area (TPSA) is 48.7 Å². The Morgan fingerprint density at radius 3 is 2.48 bits per heavy atom. The fourth-order valence-corrected chi connectivity index (χ4v) is 3.72. The Hall–Kier alpha value is -1.94. The van der Waals surface area contributed by atoms with Crippen LogP contribution in [-0.4, -0.2) is 12.1 Å². The Labute approximate surface area is 165 Å². The molecule has 27 heavy (non-hydrogen) atoms. The van der Waals surface area contributed by atoms with Crippen molar-refractivity contribution in [1.82, 2.24) is 0 Å². The summed E-state index contributed by atoms with van der Waals surface area (Å²) in [6.07, 6.45) is 3.99. The maximum Gasteiger partial charge on any atom is 0.374 e. The van der Waals surface area contributed by atoms with E-state index >= 15 is 0 Å². The maximum absolute atomic E-state index is 12.4. The lowest BCUT2D eigenvalue weighted by Crippen LogP contribution is -2.30. The third-order valence-electron chi connectivity index (χ3n) is 5.24. The lowest BCUT2D eigenvalue weighted by atomic mass is 9.72. The van der Waals surface area contributed by atoms with Crippen LogP contribution in [0, 0.1) is 11.3 Å². The first-order valence-corrected chi connectivity index (χ1v) is 9.88. The van der Waals surface area contributed by atoms with E-state index < -0.39 is 5.97 Å². The first-order chi connectivity index (χ1) is 12.8. The number of hydrogen-bond acceptors (Lipinski definition) is 4. The molecule has 0 N–H and O–H groups in total. The summed E-state index contributed by atoms with van der Waals surface area (Å²) in [7, 11) is 0. The molecule has 0 unspecified atom stereocenters. The van der Waals surface area contributed by atoms with E-state index in [4.69, 9.17) is 25.5 Å². The molecule has 0 spiro atoms. The number of ether oxygens (including phenoxy) is 2. The molecular formula is C22H27ClO4. The summed E-state index contributed by atoms with van der Waals surface area (Å²) in [6.45, 7) is 7.03. The molecule has 1 aliphatic rings. The predicted octanol–water partition coefficient (Wildman–Crippen LogP) is 6.27. The van der Waals surface area contributed by atoms with E-state index in [1.807, 2.05) is 12.1 Å². The summed E-state index contributed by atoms with van der Waals surface area (Å²) < 4.78 is 16.9. The van der Waals surface area contributed by atoms with Gasteiger partial charge in [-0.25, -0.2) is 4.79 Å². The molecule has 1 aliphatic carbocycles. The first kappa shape index (κ1) is 19.8.